The summed E-state index contributed by atoms with van der Waals surface area (Å²) in [7, 11) is -8.17. The van der Waals surface area contributed by atoms with E-state index in [0.29, 0.717) is 0 Å². The molecule has 0 aromatic rings. The normalized spacial score (nSPS) is 21.6. The highest BCUT2D eigenvalue weighted by molar-refractivity contribution is 7.89. The molecule has 1 unspecified atom stereocenters. The third kappa shape index (κ3) is 5.73. The SMILES string of the molecule is NS(=O)(=O)CC1CC(=O)N(CCOS(=O)(=O)O)C1. The molecule has 1 aliphatic rings. The van der Waals surface area contributed by atoms with E-state index in [0.717, 1.165) is 0 Å². The van der Waals surface area contributed by atoms with E-state index in [9.17, 15) is 21.6 Å². The average Bonchev–Trinajstić information content (AvgIpc) is 2.41. The van der Waals surface area contributed by atoms with Crippen molar-refractivity contribution in [3.63, 3.8) is 0 Å². The third-order valence-corrected chi connectivity index (χ3v) is 3.76. The largest absolute Gasteiger partial charge is 0.397 e. The zero-order valence-electron chi connectivity index (χ0n) is 9.35. The van der Waals surface area contributed by atoms with E-state index in [1.807, 2.05) is 0 Å². The number of hydrogen-bond donors (Lipinski definition) is 2. The lowest BCUT2D eigenvalue weighted by atomic mass is 10.1. The van der Waals surface area contributed by atoms with Gasteiger partial charge in [0.15, 0.2) is 0 Å². The maximum absolute atomic E-state index is 11.4. The topological polar surface area (TPSA) is 144 Å². The summed E-state index contributed by atoms with van der Waals surface area (Å²) < 4.78 is 54.6. The number of likely N-dealkylation sites (tertiary alicyclic amines) is 1. The second-order valence-electron chi connectivity index (χ2n) is 3.99. The molecule has 11 heteroatoms. The minimum Gasteiger partial charge on any atom is -0.340 e. The van der Waals surface area contributed by atoms with Crippen molar-refractivity contribution >= 4 is 26.3 Å². The molecule has 0 saturated carbocycles. The number of carbonyl (C=O) groups excluding carboxylic acids is 1. The Morgan fingerprint density at radius 3 is 2.50 bits per heavy atom. The molecule has 0 aliphatic carbocycles. The van der Waals surface area contributed by atoms with Crippen LogP contribution in [-0.2, 0) is 29.4 Å². The molecule has 0 spiro atoms. The number of nitrogens with zero attached hydrogens (tertiary/aromatic N) is 1. The van der Waals surface area contributed by atoms with Crippen molar-refractivity contribution in [1.29, 1.82) is 0 Å². The van der Waals surface area contributed by atoms with E-state index in [4.69, 9.17) is 9.69 Å². The first-order valence-corrected chi connectivity index (χ1v) is 8.05. The molecule has 1 saturated heterocycles. The average molecular weight is 302 g/mol. The zero-order chi connectivity index (χ0) is 14.0. The Labute approximate surface area is 105 Å². The zero-order valence-corrected chi connectivity index (χ0v) is 11.0. The Kier molecular flexibility index (Phi) is 4.66. The molecule has 0 radical (unpaired) electrons. The Morgan fingerprint density at radius 2 is 2.00 bits per heavy atom. The highest BCUT2D eigenvalue weighted by atomic mass is 32.3. The lowest BCUT2D eigenvalue weighted by Crippen LogP contribution is -2.31. The molecule has 0 bridgehead atoms. The minimum absolute atomic E-state index is 0.0419. The Bertz CT molecular complexity index is 512. The van der Waals surface area contributed by atoms with Crippen molar-refractivity contribution in [3.8, 4) is 0 Å². The van der Waals surface area contributed by atoms with Gasteiger partial charge in [-0.25, -0.2) is 17.7 Å². The molecule has 1 atom stereocenters. The van der Waals surface area contributed by atoms with Crippen LogP contribution in [0.5, 0.6) is 0 Å². The molecule has 1 aliphatic heterocycles. The van der Waals surface area contributed by atoms with Gasteiger partial charge in [0.1, 0.15) is 0 Å². The summed E-state index contributed by atoms with van der Waals surface area (Å²) in [6, 6.07) is 0. The van der Waals surface area contributed by atoms with Crippen molar-refractivity contribution in [1.82, 2.24) is 4.90 Å². The molecular formula is C7H14N2O7S2. The third-order valence-electron chi connectivity index (χ3n) is 2.36. The fourth-order valence-corrected chi connectivity index (χ4v) is 2.93. The van der Waals surface area contributed by atoms with Gasteiger partial charge in [-0.15, -0.1) is 0 Å². The molecule has 1 amide bonds. The van der Waals surface area contributed by atoms with E-state index >= 15 is 0 Å². The van der Waals surface area contributed by atoms with Crippen molar-refractivity contribution in [2.75, 3.05) is 25.4 Å². The van der Waals surface area contributed by atoms with Gasteiger partial charge in [0, 0.05) is 25.4 Å². The molecule has 1 fully saturated rings. The summed E-state index contributed by atoms with van der Waals surface area (Å²) >= 11 is 0. The van der Waals surface area contributed by atoms with E-state index in [-0.39, 0.29) is 37.8 Å². The van der Waals surface area contributed by atoms with Gasteiger partial charge in [0.2, 0.25) is 15.9 Å². The molecular weight excluding hydrogens is 288 g/mol. The summed E-state index contributed by atoms with van der Waals surface area (Å²) in [5, 5.41) is 4.87. The van der Waals surface area contributed by atoms with Crippen LogP contribution in [0.2, 0.25) is 0 Å². The van der Waals surface area contributed by atoms with Crippen LogP contribution in [0.25, 0.3) is 0 Å². The van der Waals surface area contributed by atoms with Crippen LogP contribution in [0.3, 0.4) is 0 Å². The Hall–Kier alpha value is -0.750. The molecule has 1 rings (SSSR count). The van der Waals surface area contributed by atoms with Crippen LogP contribution in [0, 0.1) is 5.92 Å². The maximum atomic E-state index is 11.4. The smallest absolute Gasteiger partial charge is 0.340 e. The highest BCUT2D eigenvalue weighted by Gasteiger charge is 2.31. The van der Waals surface area contributed by atoms with Gasteiger partial charge in [0.25, 0.3) is 0 Å². The van der Waals surface area contributed by atoms with E-state index in [1.54, 1.807) is 0 Å². The van der Waals surface area contributed by atoms with E-state index < -0.39 is 26.3 Å². The predicted molar refractivity (Wildman–Crippen MR) is 60.2 cm³/mol. The van der Waals surface area contributed by atoms with Gasteiger partial charge in [-0.3, -0.25) is 9.35 Å². The lowest BCUT2D eigenvalue weighted by Gasteiger charge is -2.15. The van der Waals surface area contributed by atoms with Gasteiger partial charge < -0.3 is 4.90 Å². The van der Waals surface area contributed by atoms with E-state index in [1.165, 1.54) is 4.90 Å². The van der Waals surface area contributed by atoms with Crippen LogP contribution in [0.4, 0.5) is 0 Å². The molecule has 18 heavy (non-hydrogen) atoms. The first-order chi connectivity index (χ1) is 8.07. The maximum Gasteiger partial charge on any atom is 0.397 e. The minimum atomic E-state index is -4.53. The predicted octanol–water partition coefficient (Wildman–Crippen LogP) is -2.06. The lowest BCUT2D eigenvalue weighted by molar-refractivity contribution is -0.128. The Balaban J connectivity index is 2.43. The monoisotopic (exact) mass is 302 g/mol. The molecule has 106 valence electrons. The molecule has 9 nitrogen and oxygen atoms in total. The molecule has 0 aromatic heterocycles. The Morgan fingerprint density at radius 1 is 1.39 bits per heavy atom. The number of rotatable bonds is 6. The summed E-state index contributed by atoms with van der Waals surface area (Å²) in [5.74, 6) is -1.00. The fraction of sp³-hybridized carbons (Fsp3) is 0.857. The van der Waals surface area contributed by atoms with Gasteiger partial charge in [0.05, 0.1) is 12.4 Å². The fourth-order valence-electron chi connectivity index (χ4n) is 1.76. The number of amides is 1. The van der Waals surface area contributed by atoms with Crippen LogP contribution in [0.15, 0.2) is 0 Å². The molecule has 1 heterocycles. The number of carbonyl (C=O) groups is 1. The van der Waals surface area contributed by atoms with Crippen LogP contribution < -0.4 is 5.14 Å². The van der Waals surface area contributed by atoms with Crippen LogP contribution >= 0.6 is 0 Å². The number of hydrogen-bond acceptors (Lipinski definition) is 6. The second-order valence-corrected chi connectivity index (χ2v) is 6.74. The first-order valence-electron chi connectivity index (χ1n) is 4.97. The first kappa shape index (κ1) is 15.3. The molecule has 0 aromatic carbocycles. The summed E-state index contributed by atoms with van der Waals surface area (Å²) in [6.07, 6.45) is 0.0440. The number of nitrogens with two attached hydrogens (primary N) is 1. The van der Waals surface area contributed by atoms with Gasteiger partial charge >= 0.3 is 10.4 Å². The second kappa shape index (κ2) is 5.48. The van der Waals surface area contributed by atoms with Crippen LogP contribution in [-0.4, -0.2) is 57.6 Å². The standard InChI is InChI=1S/C7H14N2O7S2/c8-17(11,12)5-6-3-7(10)9(4-6)1-2-16-18(13,14)15/h6H,1-5H2,(H2,8,11,12)(H,13,14,15). The molecule has 3 N–H and O–H groups in total. The highest BCUT2D eigenvalue weighted by Crippen LogP contribution is 2.18. The van der Waals surface area contributed by atoms with Gasteiger partial charge in [-0.2, -0.15) is 8.42 Å². The number of primary sulfonamides is 1. The summed E-state index contributed by atoms with van der Waals surface area (Å²) in [6.45, 7) is -0.253. The van der Waals surface area contributed by atoms with Gasteiger partial charge in [-0.05, 0) is 0 Å². The van der Waals surface area contributed by atoms with Crippen LogP contribution in [0.1, 0.15) is 6.42 Å². The van der Waals surface area contributed by atoms with Crippen molar-refractivity contribution < 1.29 is 30.4 Å². The number of sulfonamides is 1. The van der Waals surface area contributed by atoms with Crippen molar-refractivity contribution in [3.05, 3.63) is 0 Å². The van der Waals surface area contributed by atoms with Gasteiger partial charge in [-0.1, -0.05) is 0 Å². The quantitative estimate of drug-likeness (QED) is 0.537. The van der Waals surface area contributed by atoms with E-state index in [2.05, 4.69) is 4.18 Å². The van der Waals surface area contributed by atoms with Crippen molar-refractivity contribution in [2.24, 2.45) is 11.1 Å². The summed E-state index contributed by atoms with van der Waals surface area (Å²) in [5.41, 5.74) is 0. The summed E-state index contributed by atoms with van der Waals surface area (Å²) in [4.78, 5) is 12.7. The van der Waals surface area contributed by atoms with Crippen molar-refractivity contribution in [2.45, 2.75) is 6.42 Å².